The Bertz CT molecular complexity index is 476. The van der Waals surface area contributed by atoms with Gasteiger partial charge < -0.3 is 15.6 Å². The van der Waals surface area contributed by atoms with Gasteiger partial charge >= 0.3 is 0 Å². The first-order chi connectivity index (χ1) is 7.68. The minimum atomic E-state index is -0.366. The lowest BCUT2D eigenvalue weighted by Crippen LogP contribution is -2.27. The van der Waals surface area contributed by atoms with Crippen LogP contribution in [0.25, 0.3) is 0 Å². The lowest BCUT2D eigenvalue weighted by atomic mass is 10.3. The average Bonchev–Trinajstić information content (AvgIpc) is 2.88. The summed E-state index contributed by atoms with van der Waals surface area (Å²) in [6, 6.07) is 0. The highest BCUT2D eigenvalue weighted by atomic mass is 16.6. The number of hydrogen-bond donors (Lipinski definition) is 2. The number of nitrogen functional groups attached to an aromatic ring is 1. The fourth-order valence-corrected chi connectivity index (χ4v) is 1.21. The van der Waals surface area contributed by atoms with Crippen molar-refractivity contribution in [2.45, 2.75) is 6.54 Å². The molecule has 3 N–H and O–H groups in total. The summed E-state index contributed by atoms with van der Waals surface area (Å²) in [7, 11) is 1.61. The molecule has 84 valence electrons. The largest absolute Gasteiger partial charge is 0.379 e. The number of hydrogen-bond acceptors (Lipinski definition) is 6. The second kappa shape index (κ2) is 4.01. The normalized spacial score (nSPS) is 10.3. The van der Waals surface area contributed by atoms with Crippen LogP contribution in [0.15, 0.2) is 17.0 Å². The first-order valence-electron chi connectivity index (χ1n) is 4.50. The van der Waals surface area contributed by atoms with Crippen LogP contribution in [0.4, 0.5) is 5.82 Å². The number of anilines is 1. The summed E-state index contributed by atoms with van der Waals surface area (Å²) in [4.78, 5) is 20.1. The predicted octanol–water partition coefficient (Wildman–Crippen LogP) is -0.353. The molecule has 16 heavy (non-hydrogen) atoms. The molecule has 2 aromatic heterocycles. The van der Waals surface area contributed by atoms with Gasteiger partial charge in [0.15, 0.2) is 0 Å². The van der Waals surface area contributed by atoms with Crippen LogP contribution < -0.4 is 5.73 Å². The zero-order valence-electron chi connectivity index (χ0n) is 8.54. The monoisotopic (exact) mass is 222 g/mol. The van der Waals surface area contributed by atoms with Crippen molar-refractivity contribution >= 4 is 11.7 Å². The summed E-state index contributed by atoms with van der Waals surface area (Å²) in [6.07, 6.45) is 3.29. The topological polar surface area (TPSA) is 114 Å². The number of nitrogens with zero attached hydrogens (tertiary/aromatic N) is 4. The Morgan fingerprint density at radius 2 is 2.44 bits per heavy atom. The Labute approximate surface area is 90.4 Å². The molecule has 8 nitrogen and oxygen atoms in total. The van der Waals surface area contributed by atoms with Crippen molar-refractivity contribution in [1.29, 1.82) is 0 Å². The van der Waals surface area contributed by atoms with Crippen molar-refractivity contribution in [3.8, 4) is 0 Å². The van der Waals surface area contributed by atoms with Gasteiger partial charge in [0, 0.05) is 19.4 Å². The predicted molar refractivity (Wildman–Crippen MR) is 53.1 cm³/mol. The van der Waals surface area contributed by atoms with Gasteiger partial charge in [0.25, 0.3) is 5.91 Å². The SMILES string of the molecule is CN(Cc1ncc[nH]1)C(=O)c1nonc1N. The molecule has 2 aromatic rings. The molecule has 1 amide bonds. The molecule has 8 heteroatoms. The van der Waals surface area contributed by atoms with Gasteiger partial charge in [-0.05, 0) is 10.3 Å². The van der Waals surface area contributed by atoms with Gasteiger partial charge in [-0.15, -0.1) is 0 Å². The van der Waals surface area contributed by atoms with Crippen LogP contribution in [-0.2, 0) is 6.54 Å². The van der Waals surface area contributed by atoms with Gasteiger partial charge in [-0.3, -0.25) is 4.79 Å². The summed E-state index contributed by atoms with van der Waals surface area (Å²) < 4.78 is 4.36. The smallest absolute Gasteiger partial charge is 0.280 e. The van der Waals surface area contributed by atoms with Crippen LogP contribution in [-0.4, -0.2) is 38.1 Å². The Morgan fingerprint density at radius 1 is 1.62 bits per heavy atom. The number of carbonyl (C=O) groups is 1. The molecule has 2 heterocycles. The molecular formula is C8H10N6O2. The highest BCUT2D eigenvalue weighted by Gasteiger charge is 2.20. The molecule has 0 unspecified atom stereocenters. The van der Waals surface area contributed by atoms with E-state index in [1.165, 1.54) is 4.90 Å². The van der Waals surface area contributed by atoms with Gasteiger partial charge in [0.1, 0.15) is 5.82 Å². The number of nitrogens with two attached hydrogens (primary N) is 1. The zero-order chi connectivity index (χ0) is 11.5. The van der Waals surface area contributed by atoms with Crippen LogP contribution >= 0.6 is 0 Å². The summed E-state index contributed by atoms with van der Waals surface area (Å²) >= 11 is 0. The van der Waals surface area contributed by atoms with Crippen LogP contribution in [0.5, 0.6) is 0 Å². The fourth-order valence-electron chi connectivity index (χ4n) is 1.21. The van der Waals surface area contributed by atoms with Crippen LogP contribution in [0, 0.1) is 0 Å². The van der Waals surface area contributed by atoms with E-state index in [9.17, 15) is 4.79 Å². The maximum Gasteiger partial charge on any atom is 0.280 e. The van der Waals surface area contributed by atoms with E-state index in [0.717, 1.165) is 0 Å². The van der Waals surface area contributed by atoms with E-state index in [-0.39, 0.29) is 17.4 Å². The standard InChI is InChI=1S/C8H10N6O2/c1-14(4-5-10-2-3-11-5)8(15)6-7(9)13-16-12-6/h2-3H,4H2,1H3,(H2,9,13)(H,10,11). The number of nitrogens with one attached hydrogen (secondary N) is 1. The number of aromatic nitrogens is 4. The van der Waals surface area contributed by atoms with E-state index in [1.54, 1.807) is 19.4 Å². The minimum Gasteiger partial charge on any atom is -0.379 e. The second-order valence-corrected chi connectivity index (χ2v) is 3.20. The number of aromatic amines is 1. The van der Waals surface area contributed by atoms with E-state index in [4.69, 9.17) is 5.73 Å². The van der Waals surface area contributed by atoms with Crippen molar-refractivity contribution in [2.75, 3.05) is 12.8 Å². The van der Waals surface area contributed by atoms with Gasteiger partial charge in [-0.25, -0.2) is 9.61 Å². The van der Waals surface area contributed by atoms with Gasteiger partial charge in [0.05, 0.1) is 6.54 Å². The summed E-state index contributed by atoms with van der Waals surface area (Å²) in [5, 5.41) is 6.77. The molecule has 0 spiro atoms. The number of H-pyrrole nitrogens is 1. The molecule has 0 fully saturated rings. The van der Waals surface area contributed by atoms with E-state index in [1.807, 2.05) is 0 Å². The maximum absolute atomic E-state index is 11.8. The molecular weight excluding hydrogens is 212 g/mol. The average molecular weight is 222 g/mol. The minimum absolute atomic E-state index is 0.00839. The van der Waals surface area contributed by atoms with E-state index in [0.29, 0.717) is 12.4 Å². The first-order valence-corrected chi connectivity index (χ1v) is 4.50. The quantitative estimate of drug-likeness (QED) is 0.733. The Hall–Kier alpha value is -2.38. The Kier molecular flexibility index (Phi) is 2.54. The molecule has 0 saturated carbocycles. The molecule has 0 aliphatic heterocycles. The van der Waals surface area contributed by atoms with Gasteiger partial charge in [0.2, 0.25) is 11.5 Å². The number of imidazole rings is 1. The fraction of sp³-hybridized carbons (Fsp3) is 0.250. The highest BCUT2D eigenvalue weighted by molar-refractivity contribution is 5.95. The summed E-state index contributed by atoms with van der Waals surface area (Å²) in [6.45, 7) is 0.331. The molecule has 0 aliphatic rings. The van der Waals surface area contributed by atoms with Crippen LogP contribution in [0.3, 0.4) is 0 Å². The lowest BCUT2D eigenvalue weighted by molar-refractivity contribution is 0.0771. The van der Waals surface area contributed by atoms with Crippen molar-refractivity contribution < 1.29 is 9.42 Å². The third-order valence-electron chi connectivity index (χ3n) is 2.00. The first kappa shape index (κ1) is 10.1. The van der Waals surface area contributed by atoms with Gasteiger partial charge in [-0.1, -0.05) is 0 Å². The number of rotatable bonds is 3. The van der Waals surface area contributed by atoms with Gasteiger partial charge in [-0.2, -0.15) is 0 Å². The van der Waals surface area contributed by atoms with Crippen molar-refractivity contribution in [3.63, 3.8) is 0 Å². The van der Waals surface area contributed by atoms with Crippen LogP contribution in [0.1, 0.15) is 16.3 Å². The third kappa shape index (κ3) is 1.85. The lowest BCUT2D eigenvalue weighted by Gasteiger charge is -2.13. The maximum atomic E-state index is 11.8. The molecule has 0 atom stereocenters. The molecule has 0 saturated heterocycles. The highest BCUT2D eigenvalue weighted by Crippen LogP contribution is 2.08. The number of amides is 1. The molecule has 0 bridgehead atoms. The molecule has 0 aliphatic carbocycles. The summed E-state index contributed by atoms with van der Waals surface area (Å²) in [5.41, 5.74) is 5.42. The van der Waals surface area contributed by atoms with E-state index >= 15 is 0 Å². The Morgan fingerprint density at radius 3 is 3.00 bits per heavy atom. The third-order valence-corrected chi connectivity index (χ3v) is 2.00. The van der Waals surface area contributed by atoms with Crippen molar-refractivity contribution in [3.05, 3.63) is 23.9 Å². The second-order valence-electron chi connectivity index (χ2n) is 3.20. The molecule has 0 radical (unpaired) electrons. The molecule has 2 rings (SSSR count). The van der Waals surface area contributed by atoms with E-state index < -0.39 is 0 Å². The van der Waals surface area contributed by atoms with Crippen molar-refractivity contribution in [1.82, 2.24) is 25.2 Å². The van der Waals surface area contributed by atoms with E-state index in [2.05, 4.69) is 24.9 Å². The van der Waals surface area contributed by atoms with Crippen molar-refractivity contribution in [2.24, 2.45) is 0 Å². The number of carbonyl (C=O) groups excluding carboxylic acids is 1. The Balaban J connectivity index is 2.08. The summed E-state index contributed by atoms with van der Waals surface area (Å²) in [5.74, 6) is 0.289. The zero-order valence-corrected chi connectivity index (χ0v) is 8.54. The van der Waals surface area contributed by atoms with Crippen LogP contribution in [0.2, 0.25) is 0 Å². The molecule has 0 aromatic carbocycles.